The molecule has 9 nitrogen and oxygen atoms in total. The number of piperidine rings is 1. The number of anilines is 1. The Morgan fingerprint density at radius 1 is 1.41 bits per heavy atom. The zero-order chi connectivity index (χ0) is 26.3. The summed E-state index contributed by atoms with van der Waals surface area (Å²) in [5, 5.41) is 11.9. The molecule has 1 N–H and O–H groups in total. The molecule has 37 heavy (non-hydrogen) atoms. The minimum absolute atomic E-state index is 0.115. The number of rotatable bonds is 9. The van der Waals surface area contributed by atoms with Gasteiger partial charge in [-0.1, -0.05) is 36.4 Å². The number of pyridine rings is 1. The number of nitrogens with one attached hydrogen (secondary N) is 1. The fourth-order valence-corrected chi connectivity index (χ4v) is 5.49. The zero-order valence-electron chi connectivity index (χ0n) is 21.3. The number of carbonyl (C=O) groups is 2. The fraction of sp³-hybridized carbons (Fsp3) is 0.481. The van der Waals surface area contributed by atoms with Gasteiger partial charge in [-0.15, -0.1) is 5.10 Å². The number of amides is 2. The lowest BCUT2D eigenvalue weighted by Crippen LogP contribution is -2.45. The van der Waals surface area contributed by atoms with Crippen LogP contribution in [-0.4, -0.2) is 57.1 Å². The molecule has 2 saturated carbocycles. The second-order valence-corrected chi connectivity index (χ2v) is 10.9. The number of allylic oxidation sites excluding steroid dienone is 3. The summed E-state index contributed by atoms with van der Waals surface area (Å²) in [5.41, 5.74) is 2.28. The minimum atomic E-state index is -0.225. The smallest absolute Gasteiger partial charge is 0.273 e. The lowest BCUT2D eigenvalue weighted by Gasteiger charge is -2.34. The van der Waals surface area contributed by atoms with E-state index in [0.717, 1.165) is 30.5 Å². The Bertz CT molecular complexity index is 1280. The maximum Gasteiger partial charge on any atom is 0.273 e. The van der Waals surface area contributed by atoms with Gasteiger partial charge >= 0.3 is 0 Å². The summed E-state index contributed by atoms with van der Waals surface area (Å²) in [6, 6.07) is 1.92. The number of hydrogen-bond acceptors (Lipinski definition) is 6. The van der Waals surface area contributed by atoms with E-state index >= 15 is 0 Å². The number of nitrogens with zero attached hydrogens (tertiary/aromatic N) is 6. The second-order valence-electron chi connectivity index (χ2n) is 10.4. The van der Waals surface area contributed by atoms with Crippen LogP contribution in [0.2, 0.25) is 0 Å². The number of aliphatic imine (C=N–C) groups is 1. The Kier molecular flexibility index (Phi) is 6.98. The van der Waals surface area contributed by atoms with Crippen molar-refractivity contribution in [3.05, 3.63) is 59.0 Å². The molecule has 2 aliphatic carbocycles. The van der Waals surface area contributed by atoms with Crippen molar-refractivity contribution in [3.8, 4) is 0 Å². The summed E-state index contributed by atoms with van der Waals surface area (Å²) in [7, 11) is 0. The molecule has 1 saturated heterocycles. The number of aryl methyl sites for hydroxylation is 1. The topological polar surface area (TPSA) is 105 Å². The van der Waals surface area contributed by atoms with Crippen LogP contribution in [0.25, 0.3) is 0 Å². The van der Waals surface area contributed by atoms with E-state index in [1.54, 1.807) is 35.4 Å². The third kappa shape index (κ3) is 5.09. The van der Waals surface area contributed by atoms with Crippen molar-refractivity contribution in [1.82, 2.24) is 25.3 Å². The number of carbonyl (C=O) groups excluding carboxylic acids is 2. The van der Waals surface area contributed by atoms with Crippen LogP contribution in [0.5, 0.6) is 0 Å². The van der Waals surface area contributed by atoms with Gasteiger partial charge in [-0.25, -0.2) is 9.67 Å². The molecule has 5 rings (SSSR count). The predicted octanol–water partition coefficient (Wildman–Crippen LogP) is 3.71. The van der Waals surface area contributed by atoms with Crippen molar-refractivity contribution in [2.24, 2.45) is 28.7 Å². The van der Waals surface area contributed by atoms with Gasteiger partial charge < -0.3 is 5.32 Å². The first-order valence-electron chi connectivity index (χ1n) is 12.8. The molecule has 2 amide bonds. The highest BCUT2D eigenvalue weighted by Gasteiger charge is 2.59. The van der Waals surface area contributed by atoms with E-state index in [-0.39, 0.29) is 35.5 Å². The van der Waals surface area contributed by atoms with Crippen LogP contribution in [0.15, 0.2) is 47.2 Å². The van der Waals surface area contributed by atoms with Gasteiger partial charge in [0.1, 0.15) is 5.82 Å². The van der Waals surface area contributed by atoms with Gasteiger partial charge in [0.15, 0.2) is 5.69 Å². The van der Waals surface area contributed by atoms with Crippen LogP contribution in [0.3, 0.4) is 0 Å². The van der Waals surface area contributed by atoms with E-state index in [2.05, 4.69) is 39.1 Å². The Hall–Kier alpha value is -3.33. The summed E-state index contributed by atoms with van der Waals surface area (Å²) in [6.07, 6.45) is 10.2. The van der Waals surface area contributed by atoms with Crippen LogP contribution in [0.1, 0.15) is 54.3 Å². The maximum absolute atomic E-state index is 12.7. The summed E-state index contributed by atoms with van der Waals surface area (Å²) in [4.78, 5) is 36.0. The van der Waals surface area contributed by atoms with Gasteiger partial charge in [0.25, 0.3) is 5.91 Å². The summed E-state index contributed by atoms with van der Waals surface area (Å²) < 4.78 is 1.68. The molecule has 0 aromatic carbocycles. The Balaban J connectivity index is 1.14. The first-order chi connectivity index (χ1) is 17.8. The molecule has 1 aliphatic heterocycles. The van der Waals surface area contributed by atoms with E-state index in [1.807, 2.05) is 24.8 Å². The lowest BCUT2D eigenvalue weighted by atomic mass is 9.80. The zero-order valence-corrected chi connectivity index (χ0v) is 22.1. The number of halogens is 1. The summed E-state index contributed by atoms with van der Waals surface area (Å²) in [6.45, 7) is 11.2. The van der Waals surface area contributed by atoms with E-state index < -0.39 is 0 Å². The molecule has 0 spiro atoms. The highest BCUT2D eigenvalue weighted by Crippen LogP contribution is 2.52. The third-order valence-electron chi connectivity index (χ3n) is 7.98. The molecular formula is C27H32ClN7O2. The monoisotopic (exact) mass is 521 g/mol. The predicted molar refractivity (Wildman–Crippen MR) is 143 cm³/mol. The van der Waals surface area contributed by atoms with Crippen LogP contribution in [-0.2, 0) is 4.79 Å². The summed E-state index contributed by atoms with van der Waals surface area (Å²) >= 11 is 5.85. The number of aromatic nitrogens is 4. The second kappa shape index (κ2) is 10.2. The average molecular weight is 522 g/mol. The first kappa shape index (κ1) is 25.3. The van der Waals surface area contributed by atoms with Crippen molar-refractivity contribution in [1.29, 1.82) is 0 Å². The molecule has 4 atom stereocenters. The number of hydrogen-bond donors (Lipinski definition) is 1. The minimum Gasteiger partial charge on any atom is -0.348 e. The molecule has 2 aromatic heterocycles. The molecule has 3 unspecified atom stereocenters. The van der Waals surface area contributed by atoms with Gasteiger partial charge in [0, 0.05) is 42.5 Å². The largest absolute Gasteiger partial charge is 0.348 e. The molecule has 2 aromatic rings. The molecule has 194 valence electrons. The Labute approximate surface area is 221 Å². The standard InChI is InChI=1S/C27H32ClN7O2/c1-5-19(28)6-7-29-11-18-9-20(10-18)31-26(36)23-14-35(33-32-23)17(4)21-12-30-24(8-15(21)2)34-13-22-16(3)25(22)27(34)37/h5-8,12,14,16-18,20,22,25H,1,9-11,13H2,2-4H3,(H,31,36)/b19-6+,29-7-/t16-,17?,18-,20+,22?,25?/m1/s1. The maximum atomic E-state index is 12.7. The van der Waals surface area contributed by atoms with Gasteiger partial charge in [0.2, 0.25) is 5.91 Å². The van der Waals surface area contributed by atoms with Crippen molar-refractivity contribution in [3.63, 3.8) is 0 Å². The van der Waals surface area contributed by atoms with E-state index in [0.29, 0.717) is 35.1 Å². The molecule has 3 heterocycles. The SMILES string of the molecule is C=C/C(Cl)=C\C=N/C[C@H]1C[C@@H](NC(=O)c2cn(C(C)c3cnc(N4CC5C(C4=O)[C@@H]5C)cc3C)nn2)C1. The van der Waals surface area contributed by atoms with Crippen molar-refractivity contribution in [2.75, 3.05) is 18.0 Å². The first-order valence-corrected chi connectivity index (χ1v) is 13.1. The molecule has 3 fully saturated rings. The molecular weight excluding hydrogens is 490 g/mol. The van der Waals surface area contributed by atoms with Crippen molar-refractivity contribution in [2.45, 2.75) is 45.7 Å². The third-order valence-corrected chi connectivity index (χ3v) is 8.26. The molecule has 3 aliphatic rings. The summed E-state index contributed by atoms with van der Waals surface area (Å²) in [5.74, 6) is 2.25. The van der Waals surface area contributed by atoms with Gasteiger partial charge in [-0.05, 0) is 67.7 Å². The normalized spacial score (nSPS) is 27.7. The Morgan fingerprint density at radius 3 is 2.86 bits per heavy atom. The van der Waals surface area contributed by atoms with E-state index in [9.17, 15) is 9.59 Å². The van der Waals surface area contributed by atoms with Gasteiger partial charge in [-0.3, -0.25) is 19.5 Å². The van der Waals surface area contributed by atoms with Crippen LogP contribution >= 0.6 is 11.6 Å². The molecule has 0 radical (unpaired) electrons. The van der Waals surface area contributed by atoms with Gasteiger partial charge in [0.05, 0.1) is 12.2 Å². The molecule has 10 heteroatoms. The lowest BCUT2D eigenvalue weighted by molar-refractivity contribution is -0.119. The Morgan fingerprint density at radius 2 is 2.19 bits per heavy atom. The van der Waals surface area contributed by atoms with E-state index in [4.69, 9.17) is 11.6 Å². The van der Waals surface area contributed by atoms with Crippen LogP contribution in [0.4, 0.5) is 5.82 Å². The van der Waals surface area contributed by atoms with E-state index in [1.165, 1.54) is 0 Å². The highest BCUT2D eigenvalue weighted by atomic mass is 35.5. The average Bonchev–Trinajstić information content (AvgIpc) is 3.18. The quantitative estimate of drug-likeness (QED) is 0.400. The number of fused-ring (bicyclic) bond motifs is 1. The van der Waals surface area contributed by atoms with Crippen molar-refractivity contribution < 1.29 is 9.59 Å². The van der Waals surface area contributed by atoms with Gasteiger partial charge in [-0.2, -0.15) is 0 Å². The van der Waals surface area contributed by atoms with Crippen LogP contribution < -0.4 is 10.2 Å². The highest BCUT2D eigenvalue weighted by molar-refractivity contribution is 6.32. The van der Waals surface area contributed by atoms with Crippen LogP contribution in [0, 0.1) is 30.6 Å². The van der Waals surface area contributed by atoms with Crippen molar-refractivity contribution >= 4 is 35.4 Å². The molecule has 0 bridgehead atoms. The fourth-order valence-electron chi connectivity index (χ4n) is 5.43.